The summed E-state index contributed by atoms with van der Waals surface area (Å²) in [6.07, 6.45) is -21.4. The number of carbonyl (C=O) groups is 2. The van der Waals surface area contributed by atoms with Gasteiger partial charge < -0.3 is 79.1 Å². The van der Waals surface area contributed by atoms with Crippen LogP contribution in [0.2, 0.25) is 5.02 Å². The van der Waals surface area contributed by atoms with E-state index in [9.17, 15) is 55.5 Å². The third-order valence-electron chi connectivity index (χ3n) is 9.99. The van der Waals surface area contributed by atoms with E-state index in [0.717, 1.165) is 17.7 Å². The first-order chi connectivity index (χ1) is 29.1. The molecule has 0 spiro atoms. The van der Waals surface area contributed by atoms with Crippen LogP contribution in [0.1, 0.15) is 30.9 Å². The lowest BCUT2D eigenvalue weighted by Gasteiger charge is -2.43. The number of amidine groups is 1. The number of aliphatic imine (C=N–C) groups is 1. The molecule has 0 bridgehead atoms. The van der Waals surface area contributed by atoms with Gasteiger partial charge in [0.2, 0.25) is 0 Å². The summed E-state index contributed by atoms with van der Waals surface area (Å²) in [6.45, 7) is 2.89. The Bertz CT molecular complexity index is 1910. The van der Waals surface area contributed by atoms with E-state index in [-0.39, 0.29) is 29.7 Å². The lowest BCUT2D eigenvalue weighted by atomic mass is 9.99. The minimum Gasteiger partial charge on any atom is -0.489 e. The number of hydrogen-bond acceptors (Lipinski definition) is 20. The summed E-state index contributed by atoms with van der Waals surface area (Å²) >= 11 is 7.80. The first-order valence-corrected chi connectivity index (χ1v) is 20.6. The van der Waals surface area contributed by atoms with Crippen molar-refractivity contribution < 1.29 is 88.7 Å². The first-order valence-electron chi connectivity index (χ1n) is 19.4. The van der Waals surface area contributed by atoms with E-state index in [2.05, 4.69) is 4.99 Å². The molecule has 14 atom stereocenters. The maximum Gasteiger partial charge on any atom is 0.338 e. The second-order valence-electron chi connectivity index (χ2n) is 14.6. The maximum atomic E-state index is 13.6. The quantitative estimate of drug-likeness (QED) is 0.0757. The van der Waals surface area contributed by atoms with E-state index in [1.54, 1.807) is 29.2 Å². The largest absolute Gasteiger partial charge is 0.489 e. The second kappa shape index (κ2) is 20.9. The molecule has 1 amide bonds. The van der Waals surface area contributed by atoms with Crippen LogP contribution in [0, 0.1) is 6.92 Å². The molecular weight excluding hydrogens is 852 g/mol. The Balaban J connectivity index is 1.03. The van der Waals surface area contributed by atoms with E-state index in [0.29, 0.717) is 22.2 Å². The highest BCUT2D eigenvalue weighted by molar-refractivity contribution is 8.19. The Labute approximate surface area is 358 Å². The molecular formula is C39H49ClN2O18S. The highest BCUT2D eigenvalue weighted by Crippen LogP contribution is 2.38. The minimum atomic E-state index is -1.91. The van der Waals surface area contributed by atoms with Crippen molar-refractivity contribution >= 4 is 52.2 Å². The molecule has 0 unspecified atom stereocenters. The number of halogens is 1. The molecule has 0 aromatic heterocycles. The fourth-order valence-electron chi connectivity index (χ4n) is 6.62. The van der Waals surface area contributed by atoms with Gasteiger partial charge in [0.15, 0.2) is 36.4 Å². The Hall–Kier alpha value is -3.33. The van der Waals surface area contributed by atoms with Crippen molar-refractivity contribution in [2.45, 2.75) is 113 Å². The monoisotopic (exact) mass is 900 g/mol. The summed E-state index contributed by atoms with van der Waals surface area (Å²) in [5, 5.41) is 92.8. The van der Waals surface area contributed by atoms with Crippen LogP contribution in [-0.2, 0) is 38.0 Å². The predicted octanol–water partition coefficient (Wildman–Crippen LogP) is -1.11. The van der Waals surface area contributed by atoms with E-state index >= 15 is 0 Å². The molecule has 6 rings (SSSR count). The zero-order valence-corrected chi connectivity index (χ0v) is 34.4. The van der Waals surface area contributed by atoms with Gasteiger partial charge >= 0.3 is 5.97 Å². The number of benzene rings is 2. The van der Waals surface area contributed by atoms with Gasteiger partial charge in [-0.2, -0.15) is 0 Å². The number of aliphatic hydroxyl groups is 9. The summed E-state index contributed by atoms with van der Waals surface area (Å²) < 4.78 is 37.9. The van der Waals surface area contributed by atoms with Gasteiger partial charge in [-0.3, -0.25) is 14.7 Å². The number of hydrogen-bond donors (Lipinski definition) is 9. The molecule has 9 N–H and O–H groups in total. The first kappa shape index (κ1) is 47.2. The van der Waals surface area contributed by atoms with E-state index < -0.39 is 105 Å². The molecule has 0 radical (unpaired) electrons. The van der Waals surface area contributed by atoms with Gasteiger partial charge in [0, 0.05) is 13.0 Å². The van der Waals surface area contributed by atoms with Crippen LogP contribution in [0.4, 0.5) is 5.69 Å². The summed E-state index contributed by atoms with van der Waals surface area (Å²) in [5.41, 5.74) is 2.27. The molecule has 2 aromatic carbocycles. The molecule has 0 saturated carbocycles. The number of carbonyl (C=O) groups excluding carboxylic acids is 2. The molecule has 4 heterocycles. The molecule has 336 valence electrons. The van der Waals surface area contributed by atoms with Crippen molar-refractivity contribution in [3.63, 3.8) is 0 Å². The van der Waals surface area contributed by atoms with Gasteiger partial charge in [-0.25, -0.2) is 4.79 Å². The Morgan fingerprint density at radius 3 is 2.39 bits per heavy atom. The Kier molecular flexibility index (Phi) is 16.2. The lowest BCUT2D eigenvalue weighted by molar-refractivity contribution is -0.367. The molecule has 22 heteroatoms. The van der Waals surface area contributed by atoms with Crippen LogP contribution in [0.15, 0.2) is 52.4 Å². The number of esters is 1. The van der Waals surface area contributed by atoms with Crippen molar-refractivity contribution in [3.8, 4) is 5.75 Å². The number of anilines is 1. The summed E-state index contributed by atoms with van der Waals surface area (Å²) in [7, 11) is 0. The number of thioether (sulfide) groups is 1. The average molecular weight is 901 g/mol. The van der Waals surface area contributed by atoms with Crippen LogP contribution in [0.3, 0.4) is 0 Å². The number of rotatable bonds is 15. The molecule has 4 fully saturated rings. The zero-order chi connectivity index (χ0) is 44.1. The van der Waals surface area contributed by atoms with E-state index in [4.69, 9.17) is 44.8 Å². The maximum absolute atomic E-state index is 13.6. The van der Waals surface area contributed by atoms with E-state index in [1.807, 2.05) is 38.1 Å². The van der Waals surface area contributed by atoms with Crippen molar-refractivity contribution in [1.82, 2.24) is 0 Å². The minimum absolute atomic E-state index is 0.184. The van der Waals surface area contributed by atoms with Crippen LogP contribution in [-0.4, -0.2) is 176 Å². The number of aryl methyl sites for hydroxylation is 1. The van der Waals surface area contributed by atoms with Gasteiger partial charge in [-0.05, 0) is 60.5 Å². The van der Waals surface area contributed by atoms with Gasteiger partial charge in [0.05, 0.1) is 22.2 Å². The molecule has 20 nitrogen and oxygen atoms in total. The smallest absolute Gasteiger partial charge is 0.338 e. The highest BCUT2D eigenvalue weighted by Gasteiger charge is 2.50. The van der Waals surface area contributed by atoms with Gasteiger partial charge in [0.25, 0.3) is 5.91 Å². The summed E-state index contributed by atoms with van der Waals surface area (Å²) in [5.74, 6) is -1.26. The summed E-state index contributed by atoms with van der Waals surface area (Å²) in [4.78, 5) is 32.7. The fourth-order valence-corrected chi connectivity index (χ4v) is 7.86. The van der Waals surface area contributed by atoms with Crippen molar-refractivity contribution in [2.24, 2.45) is 4.99 Å². The molecule has 61 heavy (non-hydrogen) atoms. The SMILES string of the molecule is CCC/N=C1\S/C(=C\c2ccc(OC[C@H](O)CO[C@H]3O[C@@H](O)[C@H](O)C[C@H]3O[C@H]3O[C@@H](COC(=O)[C@@H]4O[C@H](O)[C@@H](O)[C@H]4O)[C@@H](O)[C@H](O)[C@@H]3O)c(Cl)c2)C(=O)N1c1ccccc1C. The van der Waals surface area contributed by atoms with Gasteiger partial charge in [0.1, 0.15) is 73.9 Å². The standard InChI is InChI=1S/C39H49ClN2O18S/c1-3-10-41-39-42(21-7-5-4-6-17(21)2)33(50)26(61-39)12-18-8-9-23(20(40)11-18)54-14-19(43)15-56-37-24(13-22(44)34(51)60-37)57-38-31(49)28(46)27(45)25(58-38)16-55-36(53)32-29(47)30(48)35(52)59-32/h4-9,11-12,19,22,24-25,27-32,34-35,37-38,43-49,51-52H,3,10,13-16H2,1-2H3/b26-12-,41-39-/t19-,22+,24+,25-,27+,28-,29+,30-,31-,32+,34+,35-,37-,38-/m0/s1. The highest BCUT2D eigenvalue weighted by atomic mass is 35.5. The van der Waals surface area contributed by atoms with Gasteiger partial charge in [-0.15, -0.1) is 0 Å². The second-order valence-corrected chi connectivity index (χ2v) is 16.1. The normalized spacial score (nSPS) is 34.9. The lowest BCUT2D eigenvalue weighted by Crippen LogP contribution is -2.61. The number of aliphatic hydroxyl groups excluding tert-OH is 9. The van der Waals surface area contributed by atoms with Crippen LogP contribution < -0.4 is 9.64 Å². The molecule has 0 aliphatic carbocycles. The summed E-state index contributed by atoms with van der Waals surface area (Å²) in [6, 6.07) is 12.4. The molecule has 4 aliphatic heterocycles. The van der Waals surface area contributed by atoms with Crippen molar-refractivity contribution in [1.29, 1.82) is 0 Å². The van der Waals surface area contributed by atoms with Crippen LogP contribution >= 0.6 is 23.4 Å². The third-order valence-corrected chi connectivity index (χ3v) is 11.3. The van der Waals surface area contributed by atoms with Crippen LogP contribution in [0.25, 0.3) is 6.08 Å². The molecule has 4 aliphatic rings. The third kappa shape index (κ3) is 11.1. The fraction of sp³-hybridized carbons (Fsp3) is 0.564. The predicted molar refractivity (Wildman–Crippen MR) is 213 cm³/mol. The van der Waals surface area contributed by atoms with Gasteiger partial charge in [-0.1, -0.05) is 42.8 Å². The molecule has 2 aromatic rings. The number of ether oxygens (including phenoxy) is 7. The topological polar surface area (TPSA) is 296 Å². The van der Waals surface area contributed by atoms with Crippen LogP contribution in [0.5, 0.6) is 5.75 Å². The Morgan fingerprint density at radius 2 is 1.70 bits per heavy atom. The number of nitrogens with zero attached hydrogens (tertiary/aromatic N) is 2. The zero-order valence-electron chi connectivity index (χ0n) is 32.8. The van der Waals surface area contributed by atoms with Crippen molar-refractivity contribution in [3.05, 3.63) is 63.5 Å². The number of para-hydroxylation sites is 1. The number of amides is 1. The Morgan fingerprint density at radius 1 is 0.951 bits per heavy atom. The molecule has 4 saturated heterocycles. The van der Waals surface area contributed by atoms with Crippen molar-refractivity contribution in [2.75, 3.05) is 31.3 Å². The average Bonchev–Trinajstić information content (AvgIpc) is 3.68. The van der Waals surface area contributed by atoms with E-state index in [1.165, 1.54) is 11.8 Å².